The molecule has 0 aliphatic carbocycles. The molecule has 1 N–H and O–H groups in total. The van der Waals surface area contributed by atoms with E-state index in [9.17, 15) is 4.79 Å². The molecule has 0 bridgehead atoms. The summed E-state index contributed by atoms with van der Waals surface area (Å²) in [4.78, 5) is 13.3. The third-order valence-corrected chi connectivity index (χ3v) is 3.50. The van der Waals surface area contributed by atoms with E-state index in [-0.39, 0.29) is 6.10 Å². The van der Waals surface area contributed by atoms with Gasteiger partial charge in [-0.15, -0.1) is 0 Å². The van der Waals surface area contributed by atoms with E-state index in [2.05, 4.69) is 18.7 Å². The summed E-state index contributed by atoms with van der Waals surface area (Å²) in [6.07, 6.45) is 5.89. The Morgan fingerprint density at radius 1 is 1.22 bits per heavy atom. The molecule has 4 heteroatoms. The number of hydrogen-bond donors (Lipinski definition) is 1. The Hall–Kier alpha value is -0.610. The van der Waals surface area contributed by atoms with E-state index in [0.29, 0.717) is 6.42 Å². The zero-order valence-electron chi connectivity index (χ0n) is 11.7. The number of ether oxygens (including phenoxy) is 1. The van der Waals surface area contributed by atoms with Gasteiger partial charge in [-0.3, -0.25) is 0 Å². The molecule has 0 aromatic heterocycles. The highest BCUT2D eigenvalue weighted by Crippen LogP contribution is 2.21. The molecule has 0 aromatic carbocycles. The van der Waals surface area contributed by atoms with Crippen LogP contribution in [0.1, 0.15) is 52.4 Å². The Labute approximate surface area is 110 Å². The van der Waals surface area contributed by atoms with Crippen LogP contribution in [-0.2, 0) is 9.53 Å². The van der Waals surface area contributed by atoms with Crippen molar-refractivity contribution in [3.05, 3.63) is 0 Å². The first-order valence-corrected chi connectivity index (χ1v) is 7.28. The largest absolute Gasteiger partial charge is 0.479 e. The molecular weight excluding hydrogens is 230 g/mol. The average molecular weight is 257 g/mol. The number of carbonyl (C=O) groups is 1. The molecule has 2 atom stereocenters. The van der Waals surface area contributed by atoms with Crippen LogP contribution in [0.4, 0.5) is 0 Å². The molecule has 0 amide bonds. The SMILES string of the molecule is CCCCN(CCCC)CC1CCC(C(=O)O)O1. The monoisotopic (exact) mass is 257 g/mol. The number of nitrogens with zero attached hydrogens (tertiary/aromatic N) is 1. The number of hydrogen-bond acceptors (Lipinski definition) is 3. The van der Waals surface area contributed by atoms with Crippen LogP contribution in [-0.4, -0.2) is 47.8 Å². The van der Waals surface area contributed by atoms with Gasteiger partial charge < -0.3 is 14.7 Å². The molecule has 0 spiro atoms. The molecule has 4 nitrogen and oxygen atoms in total. The maximum absolute atomic E-state index is 10.8. The van der Waals surface area contributed by atoms with Crippen LogP contribution in [0.2, 0.25) is 0 Å². The normalized spacial score (nSPS) is 23.7. The summed E-state index contributed by atoms with van der Waals surface area (Å²) in [5.74, 6) is -0.814. The van der Waals surface area contributed by atoms with Crippen LogP contribution in [0, 0.1) is 0 Å². The van der Waals surface area contributed by atoms with Crippen molar-refractivity contribution >= 4 is 5.97 Å². The second-order valence-corrected chi connectivity index (χ2v) is 5.17. The minimum atomic E-state index is -0.814. The molecule has 0 saturated carbocycles. The van der Waals surface area contributed by atoms with Gasteiger partial charge in [0.2, 0.25) is 0 Å². The minimum absolute atomic E-state index is 0.111. The van der Waals surface area contributed by atoms with Crippen molar-refractivity contribution in [3.63, 3.8) is 0 Å². The number of carboxylic acids is 1. The Bertz CT molecular complexity index is 237. The van der Waals surface area contributed by atoms with Gasteiger partial charge in [0, 0.05) is 6.54 Å². The van der Waals surface area contributed by atoms with E-state index < -0.39 is 12.1 Å². The Morgan fingerprint density at radius 3 is 2.28 bits per heavy atom. The van der Waals surface area contributed by atoms with Gasteiger partial charge in [0.25, 0.3) is 0 Å². The summed E-state index contributed by atoms with van der Waals surface area (Å²) >= 11 is 0. The lowest BCUT2D eigenvalue weighted by molar-refractivity contribution is -0.149. The van der Waals surface area contributed by atoms with Gasteiger partial charge in [0.15, 0.2) is 6.10 Å². The number of aliphatic carboxylic acids is 1. The lowest BCUT2D eigenvalue weighted by Crippen LogP contribution is -2.34. The zero-order valence-corrected chi connectivity index (χ0v) is 11.7. The Kier molecular flexibility index (Phi) is 7.28. The Balaban J connectivity index is 2.33. The summed E-state index contributed by atoms with van der Waals surface area (Å²) in [5, 5.41) is 8.91. The number of unbranched alkanes of at least 4 members (excludes halogenated alkanes) is 2. The van der Waals surface area contributed by atoms with Crippen LogP contribution in [0.15, 0.2) is 0 Å². The topological polar surface area (TPSA) is 49.8 Å². The van der Waals surface area contributed by atoms with E-state index >= 15 is 0 Å². The van der Waals surface area contributed by atoms with Crippen LogP contribution in [0.25, 0.3) is 0 Å². The molecule has 1 fully saturated rings. The maximum Gasteiger partial charge on any atom is 0.332 e. The third kappa shape index (κ3) is 5.36. The highest BCUT2D eigenvalue weighted by molar-refractivity contribution is 5.72. The van der Waals surface area contributed by atoms with E-state index in [1.807, 2.05) is 0 Å². The van der Waals surface area contributed by atoms with Gasteiger partial charge >= 0.3 is 5.97 Å². The van der Waals surface area contributed by atoms with Gasteiger partial charge in [-0.25, -0.2) is 4.79 Å². The number of carboxylic acid groups (broad SMARTS) is 1. The average Bonchev–Trinajstić information content (AvgIpc) is 2.81. The first kappa shape index (κ1) is 15.4. The summed E-state index contributed by atoms with van der Waals surface area (Å²) < 4.78 is 5.57. The summed E-state index contributed by atoms with van der Waals surface area (Å²) in [7, 11) is 0. The van der Waals surface area contributed by atoms with E-state index in [4.69, 9.17) is 9.84 Å². The molecule has 106 valence electrons. The molecule has 1 saturated heterocycles. The molecule has 1 rings (SSSR count). The van der Waals surface area contributed by atoms with Crippen molar-refractivity contribution in [1.82, 2.24) is 4.90 Å². The van der Waals surface area contributed by atoms with E-state index in [1.54, 1.807) is 0 Å². The zero-order chi connectivity index (χ0) is 13.4. The van der Waals surface area contributed by atoms with Crippen LogP contribution < -0.4 is 0 Å². The first-order chi connectivity index (χ1) is 8.67. The van der Waals surface area contributed by atoms with Crippen molar-refractivity contribution in [1.29, 1.82) is 0 Å². The van der Waals surface area contributed by atoms with Crippen molar-refractivity contribution in [3.8, 4) is 0 Å². The lowest BCUT2D eigenvalue weighted by atomic mass is 10.1. The predicted molar refractivity (Wildman–Crippen MR) is 71.8 cm³/mol. The molecule has 0 radical (unpaired) electrons. The summed E-state index contributed by atoms with van der Waals surface area (Å²) in [5.41, 5.74) is 0. The van der Waals surface area contributed by atoms with Gasteiger partial charge in [-0.2, -0.15) is 0 Å². The third-order valence-electron chi connectivity index (χ3n) is 3.50. The molecule has 1 aliphatic rings. The van der Waals surface area contributed by atoms with Crippen molar-refractivity contribution in [2.24, 2.45) is 0 Å². The lowest BCUT2D eigenvalue weighted by Gasteiger charge is -2.25. The standard InChI is InChI=1S/C14H27NO3/c1-3-5-9-15(10-6-4-2)11-12-7-8-13(18-12)14(16)17/h12-13H,3-11H2,1-2H3,(H,16,17). The molecular formula is C14H27NO3. The van der Waals surface area contributed by atoms with Crippen molar-refractivity contribution in [2.75, 3.05) is 19.6 Å². The van der Waals surface area contributed by atoms with E-state index in [1.165, 1.54) is 25.7 Å². The van der Waals surface area contributed by atoms with Crippen LogP contribution >= 0.6 is 0 Å². The summed E-state index contributed by atoms with van der Waals surface area (Å²) in [6, 6.07) is 0. The van der Waals surface area contributed by atoms with Gasteiger partial charge in [0.1, 0.15) is 0 Å². The Morgan fingerprint density at radius 2 is 1.83 bits per heavy atom. The fourth-order valence-electron chi connectivity index (χ4n) is 2.37. The quantitative estimate of drug-likeness (QED) is 0.689. The van der Waals surface area contributed by atoms with Crippen molar-refractivity contribution < 1.29 is 14.6 Å². The van der Waals surface area contributed by atoms with Gasteiger partial charge in [0.05, 0.1) is 6.10 Å². The van der Waals surface area contributed by atoms with Crippen molar-refractivity contribution in [2.45, 2.75) is 64.6 Å². The highest BCUT2D eigenvalue weighted by atomic mass is 16.5. The fourth-order valence-corrected chi connectivity index (χ4v) is 2.37. The molecule has 1 aliphatic heterocycles. The molecule has 0 aromatic rings. The second kappa shape index (κ2) is 8.48. The molecule has 2 unspecified atom stereocenters. The highest BCUT2D eigenvalue weighted by Gasteiger charge is 2.31. The smallest absolute Gasteiger partial charge is 0.332 e. The maximum atomic E-state index is 10.8. The molecule has 1 heterocycles. The number of rotatable bonds is 9. The van der Waals surface area contributed by atoms with E-state index in [0.717, 1.165) is 26.1 Å². The first-order valence-electron chi connectivity index (χ1n) is 7.28. The van der Waals surface area contributed by atoms with Gasteiger partial charge in [-0.1, -0.05) is 26.7 Å². The second-order valence-electron chi connectivity index (χ2n) is 5.17. The van der Waals surface area contributed by atoms with Crippen LogP contribution in [0.5, 0.6) is 0 Å². The fraction of sp³-hybridized carbons (Fsp3) is 0.929. The summed E-state index contributed by atoms with van der Waals surface area (Å²) in [6.45, 7) is 7.50. The minimum Gasteiger partial charge on any atom is -0.479 e. The predicted octanol–water partition coefficient (Wildman–Crippen LogP) is 2.52. The van der Waals surface area contributed by atoms with Gasteiger partial charge in [-0.05, 0) is 38.8 Å². The van der Waals surface area contributed by atoms with Crippen LogP contribution in [0.3, 0.4) is 0 Å². The molecule has 18 heavy (non-hydrogen) atoms.